The molecule has 5 heteroatoms. The number of carbonyl (C=O) groups excluding carboxylic acids is 1. The second kappa shape index (κ2) is 4.23. The van der Waals surface area contributed by atoms with Crippen molar-refractivity contribution in [1.29, 1.82) is 0 Å². The van der Waals surface area contributed by atoms with E-state index in [2.05, 4.69) is 10.6 Å². The van der Waals surface area contributed by atoms with Crippen molar-refractivity contribution in [2.45, 2.75) is 19.4 Å². The molecular weight excluding hydrogens is 172 g/mol. The van der Waals surface area contributed by atoms with Gasteiger partial charge in [-0.05, 0) is 6.42 Å². The van der Waals surface area contributed by atoms with Crippen molar-refractivity contribution >= 4 is 11.9 Å². The third kappa shape index (κ3) is 3.02. The summed E-state index contributed by atoms with van der Waals surface area (Å²) in [5.74, 6) is -1.30. The summed E-state index contributed by atoms with van der Waals surface area (Å²) in [4.78, 5) is 21.3. The first-order valence-corrected chi connectivity index (χ1v) is 4.30. The van der Waals surface area contributed by atoms with Crippen LogP contribution >= 0.6 is 0 Å². The van der Waals surface area contributed by atoms with Crippen LogP contribution in [0.1, 0.15) is 13.3 Å². The lowest BCUT2D eigenvalue weighted by atomic mass is 9.96. The molecule has 1 aliphatic heterocycles. The number of piperidine rings is 1. The number of amides is 1. The van der Waals surface area contributed by atoms with Gasteiger partial charge >= 0.3 is 5.97 Å². The molecule has 0 radical (unpaired) electrons. The van der Waals surface area contributed by atoms with Gasteiger partial charge in [-0.1, -0.05) is 0 Å². The van der Waals surface area contributed by atoms with Crippen molar-refractivity contribution in [3.63, 3.8) is 0 Å². The fourth-order valence-electron chi connectivity index (χ4n) is 1.53. The Labute approximate surface area is 76.5 Å². The van der Waals surface area contributed by atoms with E-state index in [1.807, 2.05) is 0 Å². The molecule has 5 nitrogen and oxygen atoms in total. The Morgan fingerprint density at radius 1 is 1.46 bits per heavy atom. The molecule has 0 aromatic rings. The molecule has 1 rings (SSSR count). The summed E-state index contributed by atoms with van der Waals surface area (Å²) >= 11 is 0. The van der Waals surface area contributed by atoms with Gasteiger partial charge in [0.1, 0.15) is 0 Å². The lowest BCUT2D eigenvalue weighted by Gasteiger charge is -2.27. The third-order valence-corrected chi connectivity index (χ3v) is 2.11. The number of carbonyl (C=O) groups is 2. The minimum atomic E-state index is -0.803. The summed E-state index contributed by atoms with van der Waals surface area (Å²) in [5, 5.41) is 14.4. The molecule has 74 valence electrons. The molecule has 0 aromatic carbocycles. The number of rotatable bonds is 2. The van der Waals surface area contributed by atoms with Gasteiger partial charge in [-0.3, -0.25) is 9.59 Å². The quantitative estimate of drug-likeness (QED) is 0.527. The summed E-state index contributed by atoms with van der Waals surface area (Å²) < 4.78 is 0. The lowest BCUT2D eigenvalue weighted by Crippen LogP contribution is -2.50. The van der Waals surface area contributed by atoms with E-state index in [9.17, 15) is 9.59 Å². The first-order valence-electron chi connectivity index (χ1n) is 4.30. The number of carboxylic acid groups (broad SMARTS) is 1. The van der Waals surface area contributed by atoms with E-state index in [0.29, 0.717) is 19.5 Å². The van der Waals surface area contributed by atoms with Gasteiger partial charge in [0.15, 0.2) is 0 Å². The van der Waals surface area contributed by atoms with E-state index in [-0.39, 0.29) is 17.9 Å². The zero-order valence-electron chi connectivity index (χ0n) is 7.54. The second-order valence-corrected chi connectivity index (χ2v) is 3.33. The van der Waals surface area contributed by atoms with E-state index >= 15 is 0 Å². The molecule has 1 amide bonds. The molecule has 0 aromatic heterocycles. The van der Waals surface area contributed by atoms with E-state index in [0.717, 1.165) is 0 Å². The zero-order chi connectivity index (χ0) is 9.84. The average molecular weight is 186 g/mol. The van der Waals surface area contributed by atoms with Gasteiger partial charge in [0.05, 0.1) is 5.92 Å². The van der Waals surface area contributed by atoms with Crippen molar-refractivity contribution in [1.82, 2.24) is 10.6 Å². The summed E-state index contributed by atoms with van der Waals surface area (Å²) in [6.07, 6.45) is 0.516. The first kappa shape index (κ1) is 9.98. The van der Waals surface area contributed by atoms with Crippen molar-refractivity contribution < 1.29 is 14.7 Å². The number of nitrogens with one attached hydrogen (secondary N) is 2. The molecule has 1 fully saturated rings. The van der Waals surface area contributed by atoms with Gasteiger partial charge in [0, 0.05) is 26.1 Å². The van der Waals surface area contributed by atoms with Crippen LogP contribution in [-0.2, 0) is 9.59 Å². The highest BCUT2D eigenvalue weighted by molar-refractivity contribution is 5.74. The predicted molar refractivity (Wildman–Crippen MR) is 46.2 cm³/mol. The molecule has 3 N–H and O–H groups in total. The van der Waals surface area contributed by atoms with Crippen LogP contribution in [-0.4, -0.2) is 36.1 Å². The van der Waals surface area contributed by atoms with E-state index < -0.39 is 5.97 Å². The number of carboxylic acids is 1. The summed E-state index contributed by atoms with van der Waals surface area (Å²) in [6, 6.07) is -0.0488. The highest BCUT2D eigenvalue weighted by Gasteiger charge is 2.26. The van der Waals surface area contributed by atoms with Crippen molar-refractivity contribution in [3.8, 4) is 0 Å². The highest BCUT2D eigenvalue weighted by atomic mass is 16.4. The summed E-state index contributed by atoms with van der Waals surface area (Å²) in [7, 11) is 0. The monoisotopic (exact) mass is 186 g/mol. The standard InChI is InChI=1S/C8H14N2O3/c1-5(11)10-7-2-6(8(12)13)3-9-4-7/h6-7,9H,2-4H2,1H3,(H,10,11)(H,12,13)/t6-,7+/m0/s1. The van der Waals surface area contributed by atoms with Crippen LogP contribution in [0.5, 0.6) is 0 Å². The van der Waals surface area contributed by atoms with Crippen LogP contribution in [0.3, 0.4) is 0 Å². The number of aliphatic carboxylic acids is 1. The third-order valence-electron chi connectivity index (χ3n) is 2.11. The Bertz CT molecular complexity index is 217. The van der Waals surface area contributed by atoms with Crippen LogP contribution in [0.2, 0.25) is 0 Å². The second-order valence-electron chi connectivity index (χ2n) is 3.33. The molecule has 0 bridgehead atoms. The maximum atomic E-state index is 10.7. The van der Waals surface area contributed by atoms with Crippen LogP contribution < -0.4 is 10.6 Å². The molecular formula is C8H14N2O3. The van der Waals surface area contributed by atoms with Crippen LogP contribution in [0, 0.1) is 5.92 Å². The molecule has 1 heterocycles. The molecule has 0 saturated carbocycles. The first-order chi connectivity index (χ1) is 6.09. The Morgan fingerprint density at radius 2 is 2.15 bits per heavy atom. The molecule has 0 spiro atoms. The van der Waals surface area contributed by atoms with Crippen molar-refractivity contribution in [2.24, 2.45) is 5.92 Å². The normalized spacial score (nSPS) is 28.1. The Morgan fingerprint density at radius 3 is 2.69 bits per heavy atom. The Kier molecular flexibility index (Phi) is 3.25. The smallest absolute Gasteiger partial charge is 0.307 e. The molecule has 0 aliphatic carbocycles. The molecule has 13 heavy (non-hydrogen) atoms. The largest absolute Gasteiger partial charge is 0.481 e. The van der Waals surface area contributed by atoms with Crippen LogP contribution in [0.4, 0.5) is 0 Å². The Hall–Kier alpha value is -1.10. The van der Waals surface area contributed by atoms with Gasteiger partial charge in [0.25, 0.3) is 0 Å². The Balaban J connectivity index is 2.41. The van der Waals surface area contributed by atoms with Crippen molar-refractivity contribution in [3.05, 3.63) is 0 Å². The van der Waals surface area contributed by atoms with E-state index in [1.54, 1.807) is 0 Å². The van der Waals surface area contributed by atoms with Crippen molar-refractivity contribution in [2.75, 3.05) is 13.1 Å². The number of hydrogen-bond acceptors (Lipinski definition) is 3. The fourth-order valence-corrected chi connectivity index (χ4v) is 1.53. The van der Waals surface area contributed by atoms with E-state index in [4.69, 9.17) is 5.11 Å². The molecule has 2 atom stereocenters. The fraction of sp³-hybridized carbons (Fsp3) is 0.750. The molecule has 1 aliphatic rings. The maximum Gasteiger partial charge on any atom is 0.307 e. The minimum Gasteiger partial charge on any atom is -0.481 e. The summed E-state index contributed by atoms with van der Waals surface area (Å²) in [5.41, 5.74) is 0. The van der Waals surface area contributed by atoms with Crippen LogP contribution in [0.25, 0.3) is 0 Å². The van der Waals surface area contributed by atoms with Gasteiger partial charge in [-0.15, -0.1) is 0 Å². The predicted octanol–water partition coefficient (Wildman–Crippen LogP) is -0.815. The summed E-state index contributed by atoms with van der Waals surface area (Å²) in [6.45, 7) is 2.58. The van der Waals surface area contributed by atoms with Gasteiger partial charge in [-0.25, -0.2) is 0 Å². The SMILES string of the molecule is CC(=O)N[C@H]1CNC[C@@H](C(=O)O)C1. The topological polar surface area (TPSA) is 78.4 Å². The van der Waals surface area contributed by atoms with E-state index in [1.165, 1.54) is 6.92 Å². The van der Waals surface area contributed by atoms with Gasteiger partial charge < -0.3 is 15.7 Å². The van der Waals surface area contributed by atoms with Crippen LogP contribution in [0.15, 0.2) is 0 Å². The highest BCUT2D eigenvalue weighted by Crippen LogP contribution is 2.10. The lowest BCUT2D eigenvalue weighted by molar-refractivity contribution is -0.142. The van der Waals surface area contributed by atoms with Gasteiger partial charge in [0.2, 0.25) is 5.91 Å². The zero-order valence-corrected chi connectivity index (χ0v) is 7.54. The van der Waals surface area contributed by atoms with Gasteiger partial charge in [-0.2, -0.15) is 0 Å². The maximum absolute atomic E-state index is 10.7. The minimum absolute atomic E-state index is 0.0488. The molecule has 1 saturated heterocycles. The number of hydrogen-bond donors (Lipinski definition) is 3. The average Bonchev–Trinajstić information content (AvgIpc) is 2.03. The molecule has 0 unspecified atom stereocenters.